The fraction of sp³-hybridized carbons (Fsp3) is 0.250. The molecule has 0 radical (unpaired) electrons. The average molecular weight is 339 g/mol. The van der Waals surface area contributed by atoms with Gasteiger partial charge in [0.25, 0.3) is 0 Å². The van der Waals surface area contributed by atoms with Crippen LogP contribution >= 0.6 is 15.9 Å². The minimum atomic E-state index is -1.16. The van der Waals surface area contributed by atoms with Gasteiger partial charge in [0.1, 0.15) is 0 Å². The van der Waals surface area contributed by atoms with Crippen LogP contribution in [0.15, 0.2) is 46.9 Å². The summed E-state index contributed by atoms with van der Waals surface area (Å²) < 4.78 is 20.0. The van der Waals surface area contributed by atoms with Crippen LogP contribution in [-0.2, 0) is 12.0 Å². The molecule has 0 heterocycles. The van der Waals surface area contributed by atoms with Crippen LogP contribution in [0.4, 0.5) is 4.39 Å². The monoisotopic (exact) mass is 338 g/mol. The summed E-state index contributed by atoms with van der Waals surface area (Å²) in [6.45, 7) is 1.67. The number of hydrogen-bond donors (Lipinski definition) is 1. The number of benzene rings is 2. The van der Waals surface area contributed by atoms with E-state index in [0.29, 0.717) is 5.56 Å². The molecule has 1 unspecified atom stereocenters. The molecule has 4 heteroatoms. The zero-order valence-electron chi connectivity index (χ0n) is 11.4. The van der Waals surface area contributed by atoms with E-state index < -0.39 is 11.4 Å². The molecule has 0 saturated carbocycles. The van der Waals surface area contributed by atoms with E-state index in [9.17, 15) is 9.50 Å². The molecular weight excluding hydrogens is 323 g/mol. The van der Waals surface area contributed by atoms with Crippen LogP contribution < -0.4 is 4.74 Å². The molecule has 0 spiro atoms. The van der Waals surface area contributed by atoms with E-state index in [1.54, 1.807) is 25.1 Å². The molecule has 2 aromatic carbocycles. The Morgan fingerprint density at radius 3 is 2.60 bits per heavy atom. The lowest BCUT2D eigenvalue weighted by Crippen LogP contribution is -2.24. The van der Waals surface area contributed by atoms with Crippen molar-refractivity contribution in [3.63, 3.8) is 0 Å². The average Bonchev–Trinajstić information content (AvgIpc) is 2.41. The molecule has 0 aliphatic carbocycles. The van der Waals surface area contributed by atoms with Crippen molar-refractivity contribution in [2.45, 2.75) is 18.9 Å². The van der Waals surface area contributed by atoms with E-state index in [2.05, 4.69) is 15.9 Å². The van der Waals surface area contributed by atoms with Crippen LogP contribution in [0, 0.1) is 5.82 Å². The molecule has 106 valence electrons. The van der Waals surface area contributed by atoms with Crippen molar-refractivity contribution in [2.24, 2.45) is 0 Å². The maximum Gasteiger partial charge on any atom is 0.168 e. The fourth-order valence-electron chi connectivity index (χ4n) is 2.15. The fourth-order valence-corrected chi connectivity index (χ4v) is 2.55. The van der Waals surface area contributed by atoms with Crippen LogP contribution in [0.3, 0.4) is 0 Å². The summed E-state index contributed by atoms with van der Waals surface area (Å²) >= 11 is 3.37. The van der Waals surface area contributed by atoms with Crippen molar-refractivity contribution in [1.29, 1.82) is 0 Å². The van der Waals surface area contributed by atoms with Gasteiger partial charge in [-0.3, -0.25) is 0 Å². The lowest BCUT2D eigenvalue weighted by atomic mass is 9.89. The maximum absolute atomic E-state index is 14.2. The van der Waals surface area contributed by atoms with Crippen molar-refractivity contribution < 1.29 is 14.2 Å². The first kappa shape index (κ1) is 15.0. The molecule has 2 rings (SSSR count). The lowest BCUT2D eigenvalue weighted by Gasteiger charge is -2.24. The maximum atomic E-state index is 14.2. The van der Waals surface area contributed by atoms with Gasteiger partial charge in [-0.2, -0.15) is 0 Å². The highest BCUT2D eigenvalue weighted by atomic mass is 79.9. The van der Waals surface area contributed by atoms with Crippen LogP contribution in [0.25, 0.3) is 0 Å². The Bertz CT molecular complexity index is 611. The van der Waals surface area contributed by atoms with Gasteiger partial charge in [0.05, 0.1) is 12.7 Å². The van der Waals surface area contributed by atoms with Gasteiger partial charge in [-0.25, -0.2) is 4.39 Å². The van der Waals surface area contributed by atoms with E-state index in [1.807, 2.05) is 24.3 Å². The summed E-state index contributed by atoms with van der Waals surface area (Å²) in [7, 11) is 1.43. The third-order valence-corrected chi connectivity index (χ3v) is 3.74. The largest absolute Gasteiger partial charge is 0.494 e. The molecular formula is C16H16BrFO2. The summed E-state index contributed by atoms with van der Waals surface area (Å²) in [6, 6.07) is 12.3. The Labute approximate surface area is 126 Å². The van der Waals surface area contributed by atoms with E-state index in [0.717, 1.165) is 10.0 Å². The van der Waals surface area contributed by atoms with Crippen molar-refractivity contribution in [1.82, 2.24) is 0 Å². The van der Waals surface area contributed by atoms with Crippen molar-refractivity contribution in [3.05, 3.63) is 63.9 Å². The molecule has 2 aromatic rings. The van der Waals surface area contributed by atoms with Gasteiger partial charge in [-0.15, -0.1) is 0 Å². The molecule has 0 fully saturated rings. The quantitative estimate of drug-likeness (QED) is 0.911. The van der Waals surface area contributed by atoms with E-state index in [-0.39, 0.29) is 12.2 Å². The van der Waals surface area contributed by atoms with Crippen LogP contribution in [0.1, 0.15) is 18.1 Å². The van der Waals surface area contributed by atoms with E-state index >= 15 is 0 Å². The van der Waals surface area contributed by atoms with Gasteiger partial charge in [0.2, 0.25) is 0 Å². The highest BCUT2D eigenvalue weighted by Gasteiger charge is 2.26. The topological polar surface area (TPSA) is 29.5 Å². The second kappa shape index (κ2) is 5.94. The Kier molecular flexibility index (Phi) is 4.45. The number of ether oxygens (including phenoxy) is 1. The van der Waals surface area contributed by atoms with E-state index in [4.69, 9.17) is 4.74 Å². The van der Waals surface area contributed by atoms with Crippen LogP contribution in [0.5, 0.6) is 5.75 Å². The zero-order chi connectivity index (χ0) is 14.8. The normalized spacial score (nSPS) is 13.8. The summed E-state index contributed by atoms with van der Waals surface area (Å²) in [5, 5.41) is 10.6. The van der Waals surface area contributed by atoms with Gasteiger partial charge in [-0.05, 0) is 36.2 Å². The molecule has 1 N–H and O–H groups in total. The number of aliphatic hydroxyl groups is 1. The smallest absolute Gasteiger partial charge is 0.168 e. The summed E-state index contributed by atoms with van der Waals surface area (Å²) in [6.07, 6.45) is 0.173. The summed E-state index contributed by atoms with van der Waals surface area (Å²) in [5.74, 6) is -0.238. The van der Waals surface area contributed by atoms with Gasteiger partial charge in [0, 0.05) is 10.9 Å². The molecule has 0 bridgehead atoms. The van der Waals surface area contributed by atoms with E-state index in [1.165, 1.54) is 7.11 Å². The lowest BCUT2D eigenvalue weighted by molar-refractivity contribution is 0.0565. The Morgan fingerprint density at radius 2 is 1.95 bits per heavy atom. The molecule has 0 aliphatic heterocycles. The first-order valence-electron chi connectivity index (χ1n) is 6.24. The number of halogens is 2. The molecule has 0 aromatic heterocycles. The first-order valence-corrected chi connectivity index (χ1v) is 7.03. The molecule has 0 saturated heterocycles. The van der Waals surface area contributed by atoms with Crippen LogP contribution in [-0.4, -0.2) is 12.2 Å². The summed E-state index contributed by atoms with van der Waals surface area (Å²) in [5.41, 5.74) is 0.000176. The third kappa shape index (κ3) is 3.19. The summed E-state index contributed by atoms with van der Waals surface area (Å²) in [4.78, 5) is 0. The molecule has 20 heavy (non-hydrogen) atoms. The molecule has 0 amide bonds. The second-order valence-corrected chi connectivity index (χ2v) is 5.81. The highest BCUT2D eigenvalue weighted by Crippen LogP contribution is 2.30. The van der Waals surface area contributed by atoms with Gasteiger partial charge in [-0.1, -0.05) is 40.2 Å². The molecule has 1 atom stereocenters. The molecule has 0 aliphatic rings. The predicted octanol–water partition coefficient (Wildman–Crippen LogP) is 4.05. The Balaban J connectivity index is 2.33. The zero-order valence-corrected chi connectivity index (χ0v) is 12.9. The minimum absolute atomic E-state index is 0.173. The SMILES string of the molecule is COc1cccc(CC(C)(O)c2cccc(Br)c2)c1F. The van der Waals surface area contributed by atoms with Crippen LogP contribution in [0.2, 0.25) is 0 Å². The van der Waals surface area contributed by atoms with Crippen molar-refractivity contribution >= 4 is 15.9 Å². The number of methoxy groups -OCH3 is 1. The van der Waals surface area contributed by atoms with Crippen molar-refractivity contribution in [2.75, 3.05) is 7.11 Å². The number of rotatable bonds is 4. The Morgan fingerprint density at radius 1 is 1.25 bits per heavy atom. The first-order chi connectivity index (χ1) is 9.44. The van der Waals surface area contributed by atoms with Gasteiger partial charge < -0.3 is 9.84 Å². The van der Waals surface area contributed by atoms with Crippen molar-refractivity contribution in [3.8, 4) is 5.75 Å². The van der Waals surface area contributed by atoms with Gasteiger partial charge in [0.15, 0.2) is 11.6 Å². The Hall–Kier alpha value is -1.39. The number of hydrogen-bond acceptors (Lipinski definition) is 2. The minimum Gasteiger partial charge on any atom is -0.494 e. The van der Waals surface area contributed by atoms with Gasteiger partial charge >= 0.3 is 0 Å². The third-order valence-electron chi connectivity index (χ3n) is 3.24. The predicted molar refractivity (Wildman–Crippen MR) is 80.4 cm³/mol. The second-order valence-electron chi connectivity index (χ2n) is 4.89. The standard InChI is InChI=1S/C16H16BrFO2/c1-16(19,12-6-4-7-13(17)9-12)10-11-5-3-8-14(20-2)15(11)18/h3-9,19H,10H2,1-2H3. The molecule has 2 nitrogen and oxygen atoms in total. The highest BCUT2D eigenvalue weighted by molar-refractivity contribution is 9.10.